The molecule has 0 saturated carbocycles. The molecule has 1 amide bonds. The van der Waals surface area contributed by atoms with Gasteiger partial charge in [0.15, 0.2) is 0 Å². The fourth-order valence-electron chi connectivity index (χ4n) is 1.28. The van der Waals surface area contributed by atoms with Gasteiger partial charge in [-0.3, -0.25) is 14.3 Å². The summed E-state index contributed by atoms with van der Waals surface area (Å²) in [5, 5.41) is 15.0. The number of amides is 1. The average Bonchev–Trinajstić information content (AvgIpc) is 2.58. The highest BCUT2D eigenvalue weighted by atomic mass is 16.4. The van der Waals surface area contributed by atoms with Crippen molar-refractivity contribution in [3.8, 4) is 0 Å². The van der Waals surface area contributed by atoms with E-state index in [0.717, 1.165) is 5.56 Å². The highest BCUT2D eigenvalue weighted by Gasteiger charge is 2.04. The number of carbonyl (C=O) groups excluding carboxylic acids is 1. The van der Waals surface area contributed by atoms with Crippen molar-refractivity contribution < 1.29 is 14.7 Å². The van der Waals surface area contributed by atoms with Gasteiger partial charge < -0.3 is 10.4 Å². The lowest BCUT2D eigenvalue weighted by Crippen LogP contribution is -2.26. The van der Waals surface area contributed by atoms with Crippen LogP contribution in [0, 0.1) is 0 Å². The van der Waals surface area contributed by atoms with Gasteiger partial charge in [-0.15, -0.1) is 0 Å². The number of nitrogens with zero attached hydrogens (tertiary/aromatic N) is 2. The van der Waals surface area contributed by atoms with Crippen LogP contribution in [0.15, 0.2) is 12.4 Å². The van der Waals surface area contributed by atoms with Crippen molar-refractivity contribution in [3.63, 3.8) is 0 Å². The van der Waals surface area contributed by atoms with Crippen LogP contribution in [0.1, 0.15) is 18.4 Å². The molecule has 0 aliphatic rings. The minimum absolute atomic E-state index is 0.0766. The lowest BCUT2D eigenvalue weighted by atomic mass is 10.2. The molecule has 0 radical (unpaired) electrons. The molecule has 0 bridgehead atoms. The summed E-state index contributed by atoms with van der Waals surface area (Å²) >= 11 is 0. The molecule has 0 saturated heterocycles. The van der Waals surface area contributed by atoms with Crippen molar-refractivity contribution in [2.75, 3.05) is 6.54 Å². The van der Waals surface area contributed by atoms with Crippen LogP contribution in [0.2, 0.25) is 0 Å². The molecule has 0 unspecified atom stereocenters. The number of aliphatic carboxylic acids is 1. The minimum atomic E-state index is -0.846. The van der Waals surface area contributed by atoms with E-state index in [1.807, 2.05) is 0 Å². The van der Waals surface area contributed by atoms with E-state index in [1.54, 1.807) is 24.1 Å². The van der Waals surface area contributed by atoms with Gasteiger partial charge in [-0.25, -0.2) is 0 Å². The second-order valence-corrected chi connectivity index (χ2v) is 3.55. The van der Waals surface area contributed by atoms with Crippen LogP contribution in [-0.2, 0) is 23.1 Å². The second kappa shape index (κ2) is 5.89. The lowest BCUT2D eigenvalue weighted by molar-refractivity contribution is -0.137. The number of aryl methyl sites for hydroxylation is 1. The van der Waals surface area contributed by atoms with Gasteiger partial charge in [-0.2, -0.15) is 5.10 Å². The summed E-state index contributed by atoms with van der Waals surface area (Å²) < 4.78 is 1.63. The molecular weight excluding hydrogens is 210 g/mol. The van der Waals surface area contributed by atoms with Crippen LogP contribution in [-0.4, -0.2) is 33.3 Å². The fourth-order valence-corrected chi connectivity index (χ4v) is 1.28. The molecule has 1 aromatic rings. The van der Waals surface area contributed by atoms with Gasteiger partial charge in [0.25, 0.3) is 0 Å². The van der Waals surface area contributed by atoms with Gasteiger partial charge in [0.2, 0.25) is 5.91 Å². The van der Waals surface area contributed by atoms with Gasteiger partial charge in [-0.05, 0) is 12.0 Å². The molecule has 0 spiro atoms. The minimum Gasteiger partial charge on any atom is -0.481 e. The maximum Gasteiger partial charge on any atom is 0.303 e. The number of nitrogens with one attached hydrogen (secondary N) is 1. The normalized spacial score (nSPS) is 10.1. The zero-order chi connectivity index (χ0) is 12.0. The number of hydrogen-bond donors (Lipinski definition) is 2. The smallest absolute Gasteiger partial charge is 0.303 e. The number of carbonyl (C=O) groups is 2. The molecule has 6 heteroatoms. The van der Waals surface area contributed by atoms with Gasteiger partial charge in [0.05, 0.1) is 12.6 Å². The van der Waals surface area contributed by atoms with E-state index in [0.29, 0.717) is 13.0 Å². The first-order valence-electron chi connectivity index (χ1n) is 5.04. The lowest BCUT2D eigenvalue weighted by Gasteiger charge is -2.02. The number of carboxylic acids is 1. The van der Waals surface area contributed by atoms with Gasteiger partial charge in [0.1, 0.15) is 0 Å². The van der Waals surface area contributed by atoms with Crippen LogP contribution in [0.3, 0.4) is 0 Å². The monoisotopic (exact) mass is 225 g/mol. The standard InChI is InChI=1S/C10H15N3O3/c1-13-7-8(6-12-13)5-9(14)11-4-2-3-10(15)16/h6-7H,2-5H2,1H3,(H,11,14)(H,15,16). The zero-order valence-electron chi connectivity index (χ0n) is 9.14. The molecule has 6 nitrogen and oxygen atoms in total. The Bertz CT molecular complexity index is 373. The third-order valence-corrected chi connectivity index (χ3v) is 2.01. The van der Waals surface area contributed by atoms with Gasteiger partial charge >= 0.3 is 5.97 Å². The fraction of sp³-hybridized carbons (Fsp3) is 0.500. The quantitative estimate of drug-likeness (QED) is 0.664. The molecule has 0 fully saturated rings. The van der Waals surface area contributed by atoms with Crippen LogP contribution >= 0.6 is 0 Å². The highest BCUT2D eigenvalue weighted by Crippen LogP contribution is 1.97. The Morgan fingerprint density at radius 3 is 2.88 bits per heavy atom. The van der Waals surface area contributed by atoms with Crippen molar-refractivity contribution in [3.05, 3.63) is 18.0 Å². The number of hydrogen-bond acceptors (Lipinski definition) is 3. The summed E-state index contributed by atoms with van der Waals surface area (Å²) in [5.41, 5.74) is 0.846. The Kier molecular flexibility index (Phi) is 4.50. The Labute approximate surface area is 93.3 Å². The molecule has 88 valence electrons. The molecule has 1 aromatic heterocycles. The van der Waals surface area contributed by atoms with Crippen molar-refractivity contribution in [2.24, 2.45) is 7.05 Å². The maximum absolute atomic E-state index is 11.4. The van der Waals surface area contributed by atoms with Gasteiger partial charge in [-0.1, -0.05) is 0 Å². The van der Waals surface area contributed by atoms with E-state index >= 15 is 0 Å². The molecule has 0 aliphatic carbocycles. The van der Waals surface area contributed by atoms with Crippen LogP contribution < -0.4 is 5.32 Å². The molecule has 1 rings (SSSR count). The van der Waals surface area contributed by atoms with Crippen molar-refractivity contribution in [1.82, 2.24) is 15.1 Å². The third-order valence-electron chi connectivity index (χ3n) is 2.01. The maximum atomic E-state index is 11.4. The topological polar surface area (TPSA) is 84.2 Å². The summed E-state index contributed by atoms with van der Waals surface area (Å²) in [7, 11) is 1.79. The van der Waals surface area contributed by atoms with Gasteiger partial charge in [0, 0.05) is 26.2 Å². The Hall–Kier alpha value is -1.85. The first-order valence-corrected chi connectivity index (χ1v) is 5.04. The summed E-state index contributed by atoms with van der Waals surface area (Å²) in [4.78, 5) is 21.6. The Balaban J connectivity index is 2.18. The van der Waals surface area contributed by atoms with Crippen molar-refractivity contribution in [1.29, 1.82) is 0 Å². The van der Waals surface area contributed by atoms with Crippen LogP contribution in [0.4, 0.5) is 0 Å². The number of rotatable bonds is 6. The third kappa shape index (κ3) is 4.59. The zero-order valence-corrected chi connectivity index (χ0v) is 9.14. The van der Waals surface area contributed by atoms with E-state index in [9.17, 15) is 9.59 Å². The highest BCUT2D eigenvalue weighted by molar-refractivity contribution is 5.78. The van der Waals surface area contributed by atoms with E-state index in [4.69, 9.17) is 5.11 Å². The van der Waals surface area contributed by atoms with Crippen molar-refractivity contribution >= 4 is 11.9 Å². The SMILES string of the molecule is Cn1cc(CC(=O)NCCCC(=O)O)cn1. The van der Waals surface area contributed by atoms with Crippen LogP contribution in [0.5, 0.6) is 0 Å². The molecule has 0 aliphatic heterocycles. The molecule has 0 atom stereocenters. The van der Waals surface area contributed by atoms with E-state index in [1.165, 1.54) is 0 Å². The predicted octanol–water partition coefficient (Wildman–Crippen LogP) is -0.0564. The summed E-state index contributed by atoms with van der Waals surface area (Å²) in [6, 6.07) is 0. The van der Waals surface area contributed by atoms with E-state index < -0.39 is 5.97 Å². The predicted molar refractivity (Wildman–Crippen MR) is 56.8 cm³/mol. The Morgan fingerprint density at radius 1 is 1.56 bits per heavy atom. The molecule has 2 N–H and O–H groups in total. The van der Waals surface area contributed by atoms with E-state index in [-0.39, 0.29) is 18.7 Å². The second-order valence-electron chi connectivity index (χ2n) is 3.55. The molecular formula is C10H15N3O3. The summed E-state index contributed by atoms with van der Waals surface area (Å²) in [6.07, 6.45) is 4.22. The molecule has 16 heavy (non-hydrogen) atoms. The Morgan fingerprint density at radius 2 is 2.31 bits per heavy atom. The largest absolute Gasteiger partial charge is 0.481 e. The van der Waals surface area contributed by atoms with Crippen LogP contribution in [0.25, 0.3) is 0 Å². The first-order chi connectivity index (χ1) is 7.58. The summed E-state index contributed by atoms with van der Waals surface area (Å²) in [6.45, 7) is 0.394. The number of aromatic nitrogens is 2. The molecule has 0 aromatic carbocycles. The molecule has 1 heterocycles. The summed E-state index contributed by atoms with van der Waals surface area (Å²) in [5.74, 6) is -0.958. The number of carboxylic acid groups (broad SMARTS) is 1. The van der Waals surface area contributed by atoms with Crippen molar-refractivity contribution in [2.45, 2.75) is 19.3 Å². The average molecular weight is 225 g/mol. The van der Waals surface area contributed by atoms with E-state index in [2.05, 4.69) is 10.4 Å². The first kappa shape index (κ1) is 12.2.